The van der Waals surface area contributed by atoms with Gasteiger partial charge in [-0.2, -0.15) is 0 Å². The van der Waals surface area contributed by atoms with Crippen molar-refractivity contribution in [3.05, 3.63) is 69.9 Å². The summed E-state index contributed by atoms with van der Waals surface area (Å²) in [4.78, 5) is 19.2. The van der Waals surface area contributed by atoms with Crippen molar-refractivity contribution in [1.82, 2.24) is 4.98 Å². The molecule has 2 amide bonds. The summed E-state index contributed by atoms with van der Waals surface area (Å²) in [5.74, 6) is -1.12. The van der Waals surface area contributed by atoms with Crippen LogP contribution in [0.25, 0.3) is 10.2 Å². The molecule has 3 aromatic carbocycles. The van der Waals surface area contributed by atoms with Crippen molar-refractivity contribution in [3.8, 4) is 5.75 Å². The van der Waals surface area contributed by atoms with Crippen LogP contribution in [0, 0.1) is 12.7 Å². The summed E-state index contributed by atoms with van der Waals surface area (Å²) in [5.41, 5.74) is 3.97. The van der Waals surface area contributed by atoms with E-state index in [4.69, 9.17) is 0 Å². The molecule has 6 nitrogen and oxygen atoms in total. The van der Waals surface area contributed by atoms with Crippen LogP contribution >= 0.6 is 27.3 Å². The molecule has 0 saturated carbocycles. The van der Waals surface area contributed by atoms with E-state index in [0.717, 1.165) is 21.3 Å². The van der Waals surface area contributed by atoms with Crippen molar-refractivity contribution in [2.24, 2.45) is 0 Å². The van der Waals surface area contributed by atoms with Gasteiger partial charge in [0.2, 0.25) is 0 Å². The van der Waals surface area contributed by atoms with Gasteiger partial charge in [0.05, 0.1) is 27.3 Å². The molecule has 3 N–H and O–H groups in total. The number of para-hydroxylation sites is 2. The highest BCUT2D eigenvalue weighted by Gasteiger charge is 2.41. The summed E-state index contributed by atoms with van der Waals surface area (Å²) in [6, 6.07) is 14.0. The second-order valence-corrected chi connectivity index (χ2v) is 10.9. The molecular weight excluding hydrogens is 519 g/mol. The summed E-state index contributed by atoms with van der Waals surface area (Å²) in [7, 11) is 0. The monoisotopic (exact) mass is 540 g/mol. The van der Waals surface area contributed by atoms with E-state index < -0.39 is 17.6 Å². The molecule has 0 atom stereocenters. The summed E-state index contributed by atoms with van der Waals surface area (Å²) in [6.07, 6.45) is 0. The predicted molar refractivity (Wildman–Crippen MR) is 139 cm³/mol. The fraction of sp³-hybridized carbons (Fsp3) is 0.200. The van der Waals surface area contributed by atoms with Crippen molar-refractivity contribution in [2.75, 3.05) is 22.1 Å². The number of hydrogen-bond donors (Lipinski definition) is 3. The summed E-state index contributed by atoms with van der Waals surface area (Å²) < 4.78 is 16.0. The lowest BCUT2D eigenvalue weighted by molar-refractivity contribution is 0.262. The minimum absolute atomic E-state index is 0.367. The molecule has 34 heavy (non-hydrogen) atoms. The SMILES string of the molecule is Cc1ccc2nc(NC(=O)Nc3ccccc3N3CC(C)(C)c4c(Br)cc(F)c(O)c43)sc2c1. The Kier molecular flexibility index (Phi) is 5.49. The highest BCUT2D eigenvalue weighted by Crippen LogP contribution is 2.53. The normalized spacial score (nSPS) is 14.3. The number of hydrogen-bond acceptors (Lipinski definition) is 5. The number of anilines is 4. The smallest absolute Gasteiger partial charge is 0.325 e. The van der Waals surface area contributed by atoms with Gasteiger partial charge in [-0.3, -0.25) is 5.32 Å². The van der Waals surface area contributed by atoms with E-state index in [1.54, 1.807) is 6.07 Å². The number of halogens is 2. The quantitative estimate of drug-likeness (QED) is 0.255. The number of fused-ring (bicyclic) bond motifs is 2. The van der Waals surface area contributed by atoms with Crippen molar-refractivity contribution in [1.29, 1.82) is 0 Å². The summed E-state index contributed by atoms with van der Waals surface area (Å²) in [6.45, 7) is 6.57. The van der Waals surface area contributed by atoms with Gasteiger partial charge in [-0.25, -0.2) is 14.2 Å². The fourth-order valence-electron chi connectivity index (χ4n) is 4.41. The van der Waals surface area contributed by atoms with Crippen molar-refractivity contribution in [3.63, 3.8) is 0 Å². The Morgan fingerprint density at radius 3 is 2.76 bits per heavy atom. The first-order valence-corrected chi connectivity index (χ1v) is 12.3. The average molecular weight is 541 g/mol. The molecule has 0 spiro atoms. The van der Waals surface area contributed by atoms with Crippen LogP contribution in [0.2, 0.25) is 0 Å². The third kappa shape index (κ3) is 3.88. The zero-order valence-electron chi connectivity index (χ0n) is 18.7. The number of amides is 2. The minimum atomic E-state index is -0.706. The number of aromatic nitrogens is 1. The molecule has 2 heterocycles. The van der Waals surface area contributed by atoms with Crippen molar-refractivity contribution >= 4 is 65.7 Å². The van der Waals surface area contributed by atoms with Crippen LogP contribution in [0.1, 0.15) is 25.0 Å². The molecule has 1 aromatic heterocycles. The van der Waals surface area contributed by atoms with Crippen molar-refractivity contribution in [2.45, 2.75) is 26.2 Å². The second-order valence-electron chi connectivity index (χ2n) is 8.97. The van der Waals surface area contributed by atoms with Gasteiger partial charge < -0.3 is 15.3 Å². The highest BCUT2D eigenvalue weighted by molar-refractivity contribution is 9.10. The molecule has 1 aliphatic rings. The van der Waals surface area contributed by atoms with Gasteiger partial charge in [0.25, 0.3) is 0 Å². The molecule has 0 unspecified atom stereocenters. The number of phenolic OH excluding ortho intramolecular Hbond substituents is 1. The number of nitrogens with zero attached hydrogens (tertiary/aromatic N) is 2. The van der Waals surface area contributed by atoms with E-state index in [9.17, 15) is 14.3 Å². The number of thiazole rings is 1. The molecule has 0 aliphatic carbocycles. The van der Waals surface area contributed by atoms with Crippen LogP contribution in [-0.4, -0.2) is 22.7 Å². The predicted octanol–water partition coefficient (Wildman–Crippen LogP) is 7.29. The Balaban J connectivity index is 1.46. The molecule has 1 aliphatic heterocycles. The summed E-state index contributed by atoms with van der Waals surface area (Å²) >= 11 is 4.86. The van der Waals surface area contributed by atoms with Crippen molar-refractivity contribution < 1.29 is 14.3 Å². The first-order chi connectivity index (χ1) is 16.1. The standard InChI is InChI=1S/C25H22BrFN4O2S/c1-13-8-9-17-19(10-13)34-24(29-17)30-23(33)28-16-6-4-5-7-18(16)31-12-25(2,3)20-14(26)11-15(27)22(32)21(20)31/h4-11,32H,12H2,1-3H3,(H2,28,29,30,33). The lowest BCUT2D eigenvalue weighted by atomic mass is 9.87. The summed E-state index contributed by atoms with van der Waals surface area (Å²) in [5, 5.41) is 16.8. The molecule has 0 fully saturated rings. The number of carbonyl (C=O) groups is 1. The van der Waals surface area contributed by atoms with Crippen LogP contribution in [0.15, 0.2) is 53.0 Å². The number of benzene rings is 3. The minimum Gasteiger partial charge on any atom is -0.503 e. The fourth-order valence-corrected chi connectivity index (χ4v) is 6.30. The van der Waals surface area contributed by atoms with Gasteiger partial charge >= 0.3 is 6.03 Å². The van der Waals surface area contributed by atoms with E-state index in [2.05, 4.69) is 31.5 Å². The maximum absolute atomic E-state index is 14.4. The van der Waals surface area contributed by atoms with Crippen LogP contribution in [0.5, 0.6) is 5.75 Å². The Morgan fingerprint density at radius 2 is 1.97 bits per heavy atom. The van der Waals surface area contributed by atoms with Crippen LogP contribution < -0.4 is 15.5 Å². The third-order valence-corrected chi connectivity index (χ3v) is 7.45. The number of nitrogens with one attached hydrogen (secondary N) is 2. The average Bonchev–Trinajstić information content (AvgIpc) is 3.29. The first kappa shape index (κ1) is 22.6. The van der Waals surface area contributed by atoms with Gasteiger partial charge in [0.1, 0.15) is 0 Å². The highest BCUT2D eigenvalue weighted by atomic mass is 79.9. The molecule has 4 aromatic rings. The largest absolute Gasteiger partial charge is 0.503 e. The molecule has 5 rings (SSSR count). The maximum Gasteiger partial charge on any atom is 0.325 e. The second kappa shape index (κ2) is 8.25. The molecule has 0 saturated heterocycles. The van der Waals surface area contributed by atoms with Crippen LogP contribution in [-0.2, 0) is 5.41 Å². The van der Waals surface area contributed by atoms with Gasteiger partial charge in [-0.1, -0.05) is 59.3 Å². The third-order valence-electron chi connectivity index (χ3n) is 5.89. The zero-order chi connectivity index (χ0) is 24.2. The van der Waals surface area contributed by atoms with Crippen LogP contribution in [0.3, 0.4) is 0 Å². The zero-order valence-corrected chi connectivity index (χ0v) is 21.1. The van der Waals surface area contributed by atoms with E-state index in [1.807, 2.05) is 62.1 Å². The number of phenols is 1. The Hall–Kier alpha value is -3.17. The van der Waals surface area contributed by atoms with Gasteiger partial charge in [0.15, 0.2) is 16.7 Å². The number of carbonyl (C=O) groups excluding carboxylic acids is 1. The number of aromatic hydroxyl groups is 1. The van der Waals surface area contributed by atoms with E-state index >= 15 is 0 Å². The molecular formula is C25H22BrFN4O2S. The van der Waals surface area contributed by atoms with Gasteiger partial charge in [0, 0.05) is 22.0 Å². The lowest BCUT2D eigenvalue weighted by Crippen LogP contribution is -2.26. The number of rotatable bonds is 3. The number of aryl methyl sites for hydroxylation is 1. The molecule has 9 heteroatoms. The molecule has 0 bridgehead atoms. The van der Waals surface area contributed by atoms with E-state index in [0.29, 0.717) is 33.2 Å². The topological polar surface area (TPSA) is 77.5 Å². The van der Waals surface area contributed by atoms with Crippen LogP contribution in [0.4, 0.5) is 31.4 Å². The Labute approximate surface area is 208 Å². The Morgan fingerprint density at radius 1 is 1.21 bits per heavy atom. The molecule has 0 radical (unpaired) electrons. The first-order valence-electron chi connectivity index (χ1n) is 10.7. The number of urea groups is 1. The van der Waals surface area contributed by atoms with Gasteiger partial charge in [-0.15, -0.1) is 0 Å². The molecule has 174 valence electrons. The van der Waals surface area contributed by atoms with Gasteiger partial charge in [-0.05, 0) is 42.8 Å². The maximum atomic E-state index is 14.4. The lowest BCUT2D eigenvalue weighted by Gasteiger charge is -2.25. The van der Waals surface area contributed by atoms with E-state index in [-0.39, 0.29) is 5.41 Å². The Bertz CT molecular complexity index is 1450. The van der Waals surface area contributed by atoms with E-state index in [1.165, 1.54) is 17.4 Å².